The van der Waals surface area contributed by atoms with Crippen molar-refractivity contribution >= 4 is 23.9 Å². The first-order valence-corrected chi connectivity index (χ1v) is 10.3. The molecule has 0 unspecified atom stereocenters. The topological polar surface area (TPSA) is 123 Å². The summed E-state index contributed by atoms with van der Waals surface area (Å²) in [4.78, 5) is 47.9. The monoisotopic (exact) mass is 413 g/mol. The first-order chi connectivity index (χ1) is 13.6. The van der Waals surface area contributed by atoms with E-state index in [1.807, 2.05) is 0 Å². The predicted octanol–water partition coefficient (Wildman–Crippen LogP) is 1.65. The van der Waals surface area contributed by atoms with Gasteiger partial charge in [-0.1, -0.05) is 32.1 Å². The van der Waals surface area contributed by atoms with Crippen LogP contribution in [0.1, 0.15) is 66.2 Å². The van der Waals surface area contributed by atoms with Gasteiger partial charge in [0.25, 0.3) is 0 Å². The Bertz CT molecular complexity index is 567. The smallest absolute Gasteiger partial charge is 0.408 e. The van der Waals surface area contributed by atoms with E-state index >= 15 is 0 Å². The van der Waals surface area contributed by atoms with E-state index in [4.69, 9.17) is 9.47 Å². The number of esters is 1. The van der Waals surface area contributed by atoms with Gasteiger partial charge in [0.15, 0.2) is 0 Å². The molecule has 0 aromatic rings. The number of rotatable bonds is 9. The molecule has 0 aromatic carbocycles. The summed E-state index contributed by atoms with van der Waals surface area (Å²) >= 11 is 0. The van der Waals surface area contributed by atoms with Crippen LogP contribution >= 0.6 is 0 Å². The number of carbonyl (C=O) groups excluding carboxylic acids is 4. The summed E-state index contributed by atoms with van der Waals surface area (Å²) in [5, 5.41) is 7.53. The highest BCUT2D eigenvalue weighted by atomic mass is 16.6. The first-order valence-electron chi connectivity index (χ1n) is 10.3. The molecule has 0 radical (unpaired) electrons. The molecule has 29 heavy (non-hydrogen) atoms. The van der Waals surface area contributed by atoms with Gasteiger partial charge >= 0.3 is 12.1 Å². The van der Waals surface area contributed by atoms with Gasteiger partial charge in [-0.05, 0) is 40.0 Å². The lowest BCUT2D eigenvalue weighted by Crippen LogP contribution is -2.51. The molecule has 166 valence electrons. The van der Waals surface area contributed by atoms with Crippen LogP contribution in [0.25, 0.3) is 0 Å². The normalized spacial score (nSPS) is 15.7. The fraction of sp³-hybridized carbons (Fsp3) is 0.800. The van der Waals surface area contributed by atoms with Gasteiger partial charge in [0.05, 0.1) is 13.2 Å². The fourth-order valence-electron chi connectivity index (χ4n) is 3.17. The zero-order valence-electron chi connectivity index (χ0n) is 18.0. The largest absolute Gasteiger partial charge is 0.465 e. The molecule has 0 heterocycles. The van der Waals surface area contributed by atoms with E-state index in [9.17, 15) is 19.2 Å². The molecule has 9 nitrogen and oxygen atoms in total. The Morgan fingerprint density at radius 3 is 2.24 bits per heavy atom. The van der Waals surface area contributed by atoms with Crippen molar-refractivity contribution in [3.63, 3.8) is 0 Å². The second-order valence-electron chi connectivity index (χ2n) is 8.24. The molecule has 1 atom stereocenters. The van der Waals surface area contributed by atoms with E-state index in [0.717, 1.165) is 25.7 Å². The minimum Gasteiger partial charge on any atom is -0.465 e. The maximum absolute atomic E-state index is 12.6. The summed E-state index contributed by atoms with van der Waals surface area (Å²) in [5.41, 5.74) is -0.678. The molecule has 9 heteroatoms. The van der Waals surface area contributed by atoms with Crippen LogP contribution in [0, 0.1) is 5.92 Å². The summed E-state index contributed by atoms with van der Waals surface area (Å²) in [5.74, 6) is -1.17. The third-order valence-electron chi connectivity index (χ3n) is 4.46. The quantitative estimate of drug-likeness (QED) is 0.494. The minimum absolute atomic E-state index is 0.227. The van der Waals surface area contributed by atoms with E-state index in [1.54, 1.807) is 27.7 Å². The molecule has 0 aromatic heterocycles. The second kappa shape index (κ2) is 12.3. The van der Waals surface area contributed by atoms with E-state index in [2.05, 4.69) is 16.0 Å². The molecular weight excluding hydrogens is 378 g/mol. The number of nitrogens with one attached hydrogen (secondary N) is 3. The number of alkyl carbamates (subject to hydrolysis) is 1. The lowest BCUT2D eigenvalue weighted by molar-refractivity contribution is -0.143. The Balaban J connectivity index is 2.58. The van der Waals surface area contributed by atoms with Crippen LogP contribution < -0.4 is 16.0 Å². The van der Waals surface area contributed by atoms with Crippen molar-refractivity contribution in [2.45, 2.75) is 77.9 Å². The van der Waals surface area contributed by atoms with Gasteiger partial charge in [0.2, 0.25) is 11.8 Å². The minimum atomic E-state index is -0.786. The maximum Gasteiger partial charge on any atom is 0.408 e. The third kappa shape index (κ3) is 11.3. The molecule has 3 amide bonds. The average molecular weight is 414 g/mol. The van der Waals surface area contributed by atoms with Crippen molar-refractivity contribution in [3.05, 3.63) is 0 Å². The molecule has 1 rings (SSSR count). The van der Waals surface area contributed by atoms with Crippen LogP contribution in [0.2, 0.25) is 0 Å². The predicted molar refractivity (Wildman–Crippen MR) is 107 cm³/mol. The molecule has 1 aliphatic carbocycles. The van der Waals surface area contributed by atoms with Crippen LogP contribution in [0.5, 0.6) is 0 Å². The summed E-state index contributed by atoms with van der Waals surface area (Å²) in [6.45, 7) is 6.58. The molecule has 1 saturated carbocycles. The standard InChI is InChI=1S/C20H35N3O6/c1-5-28-17(25)13-21-16(24)12-22-18(26)15(11-14-9-7-6-8-10-14)23-19(27)29-20(2,3)4/h14-15H,5-13H2,1-4H3,(H,21,24)(H,22,26)(H,23,27)/t15-/m0/s1. The van der Waals surface area contributed by atoms with E-state index in [0.29, 0.717) is 12.3 Å². The van der Waals surface area contributed by atoms with Gasteiger partial charge in [-0.2, -0.15) is 0 Å². The van der Waals surface area contributed by atoms with Crippen LogP contribution in [-0.2, 0) is 23.9 Å². The number of ether oxygens (including phenoxy) is 2. The van der Waals surface area contributed by atoms with Crippen molar-refractivity contribution in [3.8, 4) is 0 Å². The van der Waals surface area contributed by atoms with Gasteiger partial charge in [-0.25, -0.2) is 4.79 Å². The van der Waals surface area contributed by atoms with Crippen molar-refractivity contribution in [2.75, 3.05) is 19.7 Å². The fourth-order valence-corrected chi connectivity index (χ4v) is 3.17. The van der Waals surface area contributed by atoms with Crippen molar-refractivity contribution in [1.29, 1.82) is 0 Å². The molecule has 0 bridgehead atoms. The van der Waals surface area contributed by atoms with Crippen LogP contribution in [-0.4, -0.2) is 55.2 Å². The Kier molecular flexibility index (Phi) is 10.5. The van der Waals surface area contributed by atoms with E-state index in [1.165, 1.54) is 6.42 Å². The summed E-state index contributed by atoms with van der Waals surface area (Å²) < 4.78 is 9.98. The lowest BCUT2D eigenvalue weighted by Gasteiger charge is -2.27. The van der Waals surface area contributed by atoms with Crippen molar-refractivity contribution < 1.29 is 28.7 Å². The van der Waals surface area contributed by atoms with Gasteiger partial charge in [-0.15, -0.1) is 0 Å². The number of hydrogen-bond acceptors (Lipinski definition) is 6. The van der Waals surface area contributed by atoms with Crippen LogP contribution in [0.4, 0.5) is 4.79 Å². The summed E-state index contributed by atoms with van der Waals surface area (Å²) in [7, 11) is 0. The van der Waals surface area contributed by atoms with E-state index < -0.39 is 35.5 Å². The van der Waals surface area contributed by atoms with Gasteiger partial charge < -0.3 is 25.4 Å². The molecule has 1 fully saturated rings. The summed E-state index contributed by atoms with van der Waals surface area (Å²) in [6.07, 6.45) is 5.27. The average Bonchev–Trinajstić information content (AvgIpc) is 2.63. The van der Waals surface area contributed by atoms with Gasteiger partial charge in [0, 0.05) is 0 Å². The second-order valence-corrected chi connectivity index (χ2v) is 8.24. The van der Waals surface area contributed by atoms with Gasteiger partial charge in [-0.3, -0.25) is 14.4 Å². The molecule has 0 saturated heterocycles. The number of hydrogen-bond donors (Lipinski definition) is 3. The zero-order chi connectivity index (χ0) is 21.9. The molecule has 3 N–H and O–H groups in total. The molecule has 0 spiro atoms. The maximum atomic E-state index is 12.6. The van der Waals surface area contributed by atoms with Gasteiger partial charge in [0.1, 0.15) is 18.2 Å². The first kappa shape index (κ1) is 24.7. The number of amides is 3. The summed E-state index contributed by atoms with van der Waals surface area (Å²) in [6, 6.07) is -0.786. The Morgan fingerprint density at radius 2 is 1.66 bits per heavy atom. The zero-order valence-corrected chi connectivity index (χ0v) is 18.0. The molecular formula is C20H35N3O6. The van der Waals surface area contributed by atoms with Crippen molar-refractivity contribution in [1.82, 2.24) is 16.0 Å². The third-order valence-corrected chi connectivity index (χ3v) is 4.46. The SMILES string of the molecule is CCOC(=O)CNC(=O)CNC(=O)[C@H](CC1CCCCC1)NC(=O)OC(C)(C)C. The highest BCUT2D eigenvalue weighted by molar-refractivity contribution is 5.90. The van der Waals surface area contributed by atoms with E-state index in [-0.39, 0.29) is 19.7 Å². The Hall–Kier alpha value is -2.32. The molecule has 1 aliphatic rings. The number of carbonyl (C=O) groups is 4. The Labute approximate surface area is 172 Å². The molecule has 0 aliphatic heterocycles. The highest BCUT2D eigenvalue weighted by Gasteiger charge is 2.28. The lowest BCUT2D eigenvalue weighted by atomic mass is 9.84. The van der Waals surface area contributed by atoms with Crippen LogP contribution in [0.15, 0.2) is 0 Å². The highest BCUT2D eigenvalue weighted by Crippen LogP contribution is 2.27. The van der Waals surface area contributed by atoms with Crippen LogP contribution in [0.3, 0.4) is 0 Å². The van der Waals surface area contributed by atoms with Crippen molar-refractivity contribution in [2.24, 2.45) is 5.92 Å². The Morgan fingerprint density at radius 1 is 1.00 bits per heavy atom.